The molecule has 3 rings (SSSR count). The number of amides is 1. The van der Waals surface area contributed by atoms with Gasteiger partial charge in [0, 0.05) is 13.5 Å². The summed E-state index contributed by atoms with van der Waals surface area (Å²) in [7, 11) is -1.74. The second kappa shape index (κ2) is 11.7. The maximum absolute atomic E-state index is 14.3. The summed E-state index contributed by atoms with van der Waals surface area (Å²) in [6, 6.07) is 3.82. The monoisotopic (exact) mass is 518 g/mol. The fraction of sp³-hybridized carbons (Fsp3) is 0.619. The molecule has 2 saturated heterocycles. The van der Waals surface area contributed by atoms with Gasteiger partial charge in [0.25, 0.3) is 0 Å². The van der Waals surface area contributed by atoms with Gasteiger partial charge in [-0.05, 0) is 37.1 Å². The van der Waals surface area contributed by atoms with Crippen molar-refractivity contribution in [1.82, 2.24) is 9.99 Å². The summed E-state index contributed by atoms with van der Waals surface area (Å²) in [5, 5.41) is 33.3. The summed E-state index contributed by atoms with van der Waals surface area (Å²) in [5.74, 6) is -0.573. The number of methoxy groups -OCH3 is 2. The van der Waals surface area contributed by atoms with E-state index in [-0.39, 0.29) is 12.3 Å². The lowest BCUT2D eigenvalue weighted by molar-refractivity contribution is -0.250. The number of nitrogens with one attached hydrogen (secondary N) is 1. The van der Waals surface area contributed by atoms with Crippen LogP contribution >= 0.6 is 7.75 Å². The van der Waals surface area contributed by atoms with E-state index < -0.39 is 62.9 Å². The number of esters is 1. The van der Waals surface area contributed by atoms with Gasteiger partial charge in [0.05, 0.1) is 20.8 Å². The molecule has 0 radical (unpaired) electrons. The van der Waals surface area contributed by atoms with E-state index in [1.54, 1.807) is 12.1 Å². The minimum Gasteiger partial charge on any atom is -0.497 e. The van der Waals surface area contributed by atoms with Crippen LogP contribution in [0.5, 0.6) is 11.5 Å². The van der Waals surface area contributed by atoms with Gasteiger partial charge in [-0.3, -0.25) is 14.1 Å². The number of hydrogen-bond donors (Lipinski definition) is 4. The van der Waals surface area contributed by atoms with Crippen LogP contribution in [0.2, 0.25) is 0 Å². The molecule has 0 bridgehead atoms. The van der Waals surface area contributed by atoms with Gasteiger partial charge in [-0.1, -0.05) is 0 Å². The average Bonchev–Trinajstić information content (AvgIpc) is 3.34. The van der Waals surface area contributed by atoms with Crippen LogP contribution in [-0.4, -0.2) is 95.9 Å². The molecule has 13 nitrogen and oxygen atoms in total. The predicted molar refractivity (Wildman–Crippen MR) is 119 cm³/mol. The van der Waals surface area contributed by atoms with Crippen molar-refractivity contribution in [3.8, 4) is 11.5 Å². The van der Waals surface area contributed by atoms with Gasteiger partial charge in [0.2, 0.25) is 5.91 Å². The number of ether oxygens (including phenoxy) is 3. The lowest BCUT2D eigenvalue weighted by Gasteiger charge is -2.43. The van der Waals surface area contributed by atoms with Crippen LogP contribution in [0.25, 0.3) is 0 Å². The van der Waals surface area contributed by atoms with Crippen LogP contribution in [0, 0.1) is 0 Å². The van der Waals surface area contributed by atoms with E-state index in [4.69, 9.17) is 23.3 Å². The van der Waals surface area contributed by atoms with Crippen LogP contribution in [0.15, 0.2) is 24.3 Å². The van der Waals surface area contributed by atoms with Gasteiger partial charge in [-0.15, -0.1) is 0 Å². The third-order valence-electron chi connectivity index (χ3n) is 5.79. The fourth-order valence-electron chi connectivity index (χ4n) is 4.08. The predicted octanol–water partition coefficient (Wildman–Crippen LogP) is -0.220. The molecule has 1 amide bonds. The van der Waals surface area contributed by atoms with Crippen LogP contribution in [0.1, 0.15) is 19.8 Å². The van der Waals surface area contributed by atoms with E-state index >= 15 is 0 Å². The number of nitrogens with zero attached hydrogens (tertiary/aromatic N) is 1. The van der Waals surface area contributed by atoms with Crippen molar-refractivity contribution < 1.29 is 52.7 Å². The van der Waals surface area contributed by atoms with Gasteiger partial charge in [-0.2, -0.15) is 4.67 Å². The van der Waals surface area contributed by atoms with Crippen molar-refractivity contribution >= 4 is 19.6 Å². The molecule has 196 valence electrons. The Morgan fingerprint density at radius 3 is 2.43 bits per heavy atom. The number of carbonyl (C=O) groups excluding carboxylic acids is 2. The molecule has 2 aliphatic heterocycles. The summed E-state index contributed by atoms with van der Waals surface area (Å²) in [5.41, 5.74) is 0. The molecule has 14 heteroatoms. The SMILES string of the molecule is COC(=O)C1CCCN1P(=O)(Oc1ccc(OC)cc1)O[C@H]1[C@H](O)[C@@H](NC(C)=O)[C@@H](O)O[C@@H]1CO. The standard InChI is InChI=1S/C21H31N2O11P/c1-12(25)22-17-18(26)19(16(11-24)32-21(17)28)34-35(29,23-10-4-5-15(23)20(27)31-3)33-14-8-6-13(30-2)7-9-14/h6-9,15-19,21,24,26,28H,4-5,10-11H2,1-3H3,(H,22,25)/t15?,16-,17-,18-,19-,21+,35?/m1/s1. The van der Waals surface area contributed by atoms with E-state index in [1.807, 2.05) is 0 Å². The fourth-order valence-corrected chi connectivity index (χ4v) is 6.24. The summed E-state index contributed by atoms with van der Waals surface area (Å²) in [6.45, 7) is 0.614. The van der Waals surface area contributed by atoms with Crippen LogP contribution in [0.3, 0.4) is 0 Å². The molecular formula is C21H31N2O11P. The summed E-state index contributed by atoms with van der Waals surface area (Å²) in [4.78, 5) is 24.0. The average molecular weight is 518 g/mol. The van der Waals surface area contributed by atoms with Gasteiger partial charge in [0.1, 0.15) is 41.9 Å². The molecule has 35 heavy (non-hydrogen) atoms. The maximum Gasteiger partial charge on any atom is 0.462 e. The third kappa shape index (κ3) is 6.12. The van der Waals surface area contributed by atoms with E-state index in [2.05, 4.69) is 5.32 Å². The quantitative estimate of drug-likeness (QED) is 0.250. The number of carbonyl (C=O) groups is 2. The molecule has 2 heterocycles. The third-order valence-corrected chi connectivity index (χ3v) is 7.85. The Morgan fingerprint density at radius 2 is 1.86 bits per heavy atom. The van der Waals surface area contributed by atoms with Crippen LogP contribution in [0.4, 0.5) is 0 Å². The zero-order valence-corrected chi connectivity index (χ0v) is 20.5. The number of aliphatic hydroxyl groups is 3. The van der Waals surface area contributed by atoms with Crippen molar-refractivity contribution in [3.63, 3.8) is 0 Å². The van der Waals surface area contributed by atoms with E-state index in [9.17, 15) is 29.5 Å². The lowest BCUT2D eigenvalue weighted by Crippen LogP contribution is -2.64. The highest BCUT2D eigenvalue weighted by Gasteiger charge is 2.53. The second-order valence-corrected chi connectivity index (χ2v) is 9.96. The summed E-state index contributed by atoms with van der Waals surface area (Å²) >= 11 is 0. The first kappa shape index (κ1) is 27.3. The highest BCUT2D eigenvalue weighted by atomic mass is 31.2. The van der Waals surface area contributed by atoms with Gasteiger partial charge < -0.3 is 39.4 Å². The van der Waals surface area contributed by atoms with Crippen LogP contribution < -0.4 is 14.6 Å². The van der Waals surface area contributed by atoms with E-state index in [1.165, 1.54) is 37.9 Å². The first-order valence-corrected chi connectivity index (χ1v) is 12.5. The van der Waals surface area contributed by atoms with Crippen molar-refractivity contribution in [3.05, 3.63) is 24.3 Å². The molecule has 0 aromatic heterocycles. The van der Waals surface area contributed by atoms with Crippen molar-refractivity contribution in [1.29, 1.82) is 0 Å². The zero-order valence-electron chi connectivity index (χ0n) is 19.6. The first-order valence-electron chi connectivity index (χ1n) is 11.0. The smallest absolute Gasteiger partial charge is 0.462 e. The van der Waals surface area contributed by atoms with Crippen molar-refractivity contribution in [2.45, 2.75) is 56.5 Å². The van der Waals surface area contributed by atoms with E-state index in [0.29, 0.717) is 18.6 Å². The van der Waals surface area contributed by atoms with Gasteiger partial charge in [0.15, 0.2) is 6.29 Å². The molecule has 0 spiro atoms. The minimum atomic E-state index is -4.43. The first-order chi connectivity index (χ1) is 16.6. The Bertz CT molecular complexity index is 930. The lowest BCUT2D eigenvalue weighted by atomic mass is 9.97. The number of rotatable bonds is 9. The largest absolute Gasteiger partial charge is 0.497 e. The molecule has 7 atom stereocenters. The Balaban J connectivity index is 1.97. The maximum atomic E-state index is 14.3. The molecule has 2 unspecified atom stereocenters. The zero-order chi connectivity index (χ0) is 25.8. The molecule has 2 aliphatic rings. The highest BCUT2D eigenvalue weighted by molar-refractivity contribution is 7.51. The molecule has 4 N–H and O–H groups in total. The molecule has 1 aromatic carbocycles. The minimum absolute atomic E-state index is 0.120. The van der Waals surface area contributed by atoms with Gasteiger partial charge in [-0.25, -0.2) is 4.57 Å². The van der Waals surface area contributed by atoms with E-state index in [0.717, 1.165) is 0 Å². The Hall–Kier alpha value is -2.25. The highest BCUT2D eigenvalue weighted by Crippen LogP contribution is 2.57. The molecule has 0 aliphatic carbocycles. The Labute approximate surface area is 202 Å². The molecule has 2 fully saturated rings. The number of hydrogen-bond acceptors (Lipinski definition) is 11. The Kier molecular flexibility index (Phi) is 9.11. The normalized spacial score (nSPS) is 30.8. The molecule has 1 aromatic rings. The Morgan fingerprint density at radius 1 is 1.20 bits per heavy atom. The van der Waals surface area contributed by atoms with Crippen molar-refractivity contribution in [2.24, 2.45) is 0 Å². The van der Waals surface area contributed by atoms with Crippen molar-refractivity contribution in [2.75, 3.05) is 27.4 Å². The number of benzene rings is 1. The van der Waals surface area contributed by atoms with Crippen LogP contribution in [-0.2, 0) is 28.2 Å². The topological polar surface area (TPSA) is 173 Å². The molecule has 0 saturated carbocycles. The summed E-state index contributed by atoms with van der Waals surface area (Å²) in [6.07, 6.45) is -5.33. The molecular weight excluding hydrogens is 487 g/mol. The second-order valence-electron chi connectivity index (χ2n) is 8.11. The summed E-state index contributed by atoms with van der Waals surface area (Å²) < 4.78 is 42.4. The van der Waals surface area contributed by atoms with Gasteiger partial charge >= 0.3 is 13.7 Å². The number of aliphatic hydroxyl groups excluding tert-OH is 3.